The van der Waals surface area contributed by atoms with Crippen molar-refractivity contribution in [2.75, 3.05) is 13.1 Å². The molecule has 1 fully saturated rings. The largest absolute Gasteiger partial charge is 0.372 e. The summed E-state index contributed by atoms with van der Waals surface area (Å²) in [6, 6.07) is 5.72. The second kappa shape index (κ2) is 5.37. The van der Waals surface area contributed by atoms with Crippen LogP contribution in [0.4, 0.5) is 0 Å². The van der Waals surface area contributed by atoms with E-state index in [1.54, 1.807) is 6.07 Å². The maximum absolute atomic E-state index is 6.14. The highest BCUT2D eigenvalue weighted by molar-refractivity contribution is 6.42. The Morgan fingerprint density at radius 1 is 1.38 bits per heavy atom. The van der Waals surface area contributed by atoms with Crippen molar-refractivity contribution in [3.05, 3.63) is 33.8 Å². The van der Waals surface area contributed by atoms with Crippen molar-refractivity contribution in [1.82, 2.24) is 5.32 Å². The first-order valence-electron chi connectivity index (χ1n) is 5.46. The molecule has 1 aromatic rings. The molecule has 2 unspecified atom stereocenters. The average molecular weight is 260 g/mol. The number of hydrogen-bond donors (Lipinski definition) is 1. The van der Waals surface area contributed by atoms with E-state index < -0.39 is 0 Å². The highest BCUT2D eigenvalue weighted by atomic mass is 35.5. The molecule has 1 aliphatic rings. The standard InChI is InChI=1S/C12H15Cl2NO/c1-8-6-15-7-10(16-8)5-9-3-2-4-11(13)12(9)14/h2-4,8,10,15H,5-7H2,1H3. The quantitative estimate of drug-likeness (QED) is 0.882. The molecule has 1 aliphatic heterocycles. The molecule has 1 saturated heterocycles. The summed E-state index contributed by atoms with van der Waals surface area (Å²) in [4.78, 5) is 0. The lowest BCUT2D eigenvalue weighted by Gasteiger charge is -2.29. The van der Waals surface area contributed by atoms with E-state index in [4.69, 9.17) is 27.9 Å². The molecule has 0 saturated carbocycles. The van der Waals surface area contributed by atoms with Crippen LogP contribution in [0.25, 0.3) is 0 Å². The first-order chi connectivity index (χ1) is 7.66. The smallest absolute Gasteiger partial charge is 0.0744 e. The van der Waals surface area contributed by atoms with Gasteiger partial charge in [0.15, 0.2) is 0 Å². The number of ether oxygens (including phenoxy) is 1. The van der Waals surface area contributed by atoms with Crippen LogP contribution in [0.5, 0.6) is 0 Å². The molecule has 0 radical (unpaired) electrons. The van der Waals surface area contributed by atoms with Gasteiger partial charge in [0.1, 0.15) is 0 Å². The molecule has 16 heavy (non-hydrogen) atoms. The molecule has 88 valence electrons. The highest BCUT2D eigenvalue weighted by Gasteiger charge is 2.20. The lowest BCUT2D eigenvalue weighted by atomic mass is 10.1. The van der Waals surface area contributed by atoms with Crippen LogP contribution in [0.2, 0.25) is 10.0 Å². The monoisotopic (exact) mass is 259 g/mol. The fraction of sp³-hybridized carbons (Fsp3) is 0.500. The molecular formula is C12H15Cl2NO. The summed E-state index contributed by atoms with van der Waals surface area (Å²) in [7, 11) is 0. The fourth-order valence-electron chi connectivity index (χ4n) is 1.94. The number of morpholine rings is 1. The molecule has 0 spiro atoms. The van der Waals surface area contributed by atoms with Gasteiger partial charge in [-0.25, -0.2) is 0 Å². The minimum absolute atomic E-state index is 0.180. The van der Waals surface area contributed by atoms with E-state index in [1.807, 2.05) is 12.1 Å². The van der Waals surface area contributed by atoms with Crippen molar-refractivity contribution in [3.8, 4) is 0 Å². The van der Waals surface area contributed by atoms with Crippen LogP contribution in [-0.4, -0.2) is 25.3 Å². The Bertz CT molecular complexity index is 370. The molecule has 0 bridgehead atoms. The number of rotatable bonds is 2. The van der Waals surface area contributed by atoms with E-state index in [2.05, 4.69) is 12.2 Å². The predicted molar refractivity (Wildman–Crippen MR) is 67.4 cm³/mol. The number of hydrogen-bond acceptors (Lipinski definition) is 2. The summed E-state index contributed by atoms with van der Waals surface area (Å²) in [5.41, 5.74) is 1.05. The molecule has 1 aromatic carbocycles. The number of nitrogens with one attached hydrogen (secondary N) is 1. The lowest BCUT2D eigenvalue weighted by molar-refractivity contribution is -0.0262. The van der Waals surface area contributed by atoms with Gasteiger partial charge >= 0.3 is 0 Å². The van der Waals surface area contributed by atoms with Gasteiger partial charge in [-0.05, 0) is 18.6 Å². The van der Waals surface area contributed by atoms with E-state index in [-0.39, 0.29) is 12.2 Å². The van der Waals surface area contributed by atoms with Crippen LogP contribution in [0, 0.1) is 0 Å². The Balaban J connectivity index is 2.05. The van der Waals surface area contributed by atoms with Gasteiger partial charge < -0.3 is 10.1 Å². The zero-order chi connectivity index (χ0) is 11.5. The zero-order valence-electron chi connectivity index (χ0n) is 9.17. The van der Waals surface area contributed by atoms with E-state index >= 15 is 0 Å². The van der Waals surface area contributed by atoms with Gasteiger partial charge in [0.25, 0.3) is 0 Å². The summed E-state index contributed by atoms with van der Waals surface area (Å²) in [5, 5.41) is 4.59. The molecule has 0 amide bonds. The van der Waals surface area contributed by atoms with E-state index in [0.717, 1.165) is 25.1 Å². The van der Waals surface area contributed by atoms with Gasteiger partial charge in [0.05, 0.1) is 22.3 Å². The van der Waals surface area contributed by atoms with Crippen LogP contribution in [-0.2, 0) is 11.2 Å². The van der Waals surface area contributed by atoms with Gasteiger partial charge in [-0.1, -0.05) is 35.3 Å². The van der Waals surface area contributed by atoms with Crippen LogP contribution >= 0.6 is 23.2 Å². The van der Waals surface area contributed by atoms with Crippen LogP contribution < -0.4 is 5.32 Å². The fourth-order valence-corrected chi connectivity index (χ4v) is 2.34. The first-order valence-corrected chi connectivity index (χ1v) is 6.21. The predicted octanol–water partition coefficient (Wildman–Crippen LogP) is 2.91. The van der Waals surface area contributed by atoms with E-state index in [1.165, 1.54) is 0 Å². The topological polar surface area (TPSA) is 21.3 Å². The molecule has 1 heterocycles. The molecule has 2 rings (SSSR count). The molecular weight excluding hydrogens is 245 g/mol. The van der Waals surface area contributed by atoms with Crippen molar-refractivity contribution in [3.63, 3.8) is 0 Å². The summed E-state index contributed by atoms with van der Waals surface area (Å²) in [6.45, 7) is 3.85. The highest BCUT2D eigenvalue weighted by Crippen LogP contribution is 2.27. The first kappa shape index (κ1) is 12.2. The van der Waals surface area contributed by atoms with E-state index in [9.17, 15) is 0 Å². The lowest BCUT2D eigenvalue weighted by Crippen LogP contribution is -2.44. The molecule has 0 aliphatic carbocycles. The Morgan fingerprint density at radius 2 is 2.19 bits per heavy atom. The molecule has 1 N–H and O–H groups in total. The van der Waals surface area contributed by atoms with Crippen molar-refractivity contribution in [2.45, 2.75) is 25.6 Å². The SMILES string of the molecule is CC1CNCC(Cc2cccc(Cl)c2Cl)O1. The Kier molecular flexibility index (Phi) is 4.09. The van der Waals surface area contributed by atoms with Gasteiger partial charge in [-0.3, -0.25) is 0 Å². The van der Waals surface area contributed by atoms with Crippen molar-refractivity contribution in [2.24, 2.45) is 0 Å². The number of benzene rings is 1. The molecule has 2 atom stereocenters. The Labute approximate surface area is 106 Å². The van der Waals surface area contributed by atoms with Crippen molar-refractivity contribution in [1.29, 1.82) is 0 Å². The molecule has 2 nitrogen and oxygen atoms in total. The molecule has 0 aromatic heterocycles. The van der Waals surface area contributed by atoms with E-state index in [0.29, 0.717) is 10.0 Å². The second-order valence-corrected chi connectivity index (χ2v) is 4.93. The minimum atomic E-state index is 0.180. The molecule has 4 heteroatoms. The van der Waals surface area contributed by atoms with Crippen LogP contribution in [0.1, 0.15) is 12.5 Å². The van der Waals surface area contributed by atoms with Crippen LogP contribution in [0.15, 0.2) is 18.2 Å². The average Bonchev–Trinajstić information content (AvgIpc) is 2.25. The summed E-state index contributed by atoms with van der Waals surface area (Å²) >= 11 is 12.1. The maximum atomic E-state index is 6.14. The van der Waals surface area contributed by atoms with Gasteiger partial charge in [-0.2, -0.15) is 0 Å². The normalized spacial score (nSPS) is 25.7. The third kappa shape index (κ3) is 2.89. The summed E-state index contributed by atoms with van der Waals surface area (Å²) < 4.78 is 5.82. The summed E-state index contributed by atoms with van der Waals surface area (Å²) in [5.74, 6) is 0. The van der Waals surface area contributed by atoms with Crippen molar-refractivity contribution < 1.29 is 4.74 Å². The van der Waals surface area contributed by atoms with Crippen LogP contribution in [0.3, 0.4) is 0 Å². The Morgan fingerprint density at radius 3 is 2.94 bits per heavy atom. The third-order valence-electron chi connectivity index (χ3n) is 2.71. The van der Waals surface area contributed by atoms with Gasteiger partial charge in [0, 0.05) is 19.5 Å². The van der Waals surface area contributed by atoms with Gasteiger partial charge in [-0.15, -0.1) is 0 Å². The number of halogens is 2. The second-order valence-electron chi connectivity index (χ2n) is 4.14. The zero-order valence-corrected chi connectivity index (χ0v) is 10.7. The minimum Gasteiger partial charge on any atom is -0.372 e. The van der Waals surface area contributed by atoms with Gasteiger partial charge in [0.2, 0.25) is 0 Å². The van der Waals surface area contributed by atoms with Crippen molar-refractivity contribution >= 4 is 23.2 Å². The maximum Gasteiger partial charge on any atom is 0.0744 e. The summed E-state index contributed by atoms with van der Waals surface area (Å²) in [6.07, 6.45) is 1.24. The Hall–Kier alpha value is -0.280. The third-order valence-corrected chi connectivity index (χ3v) is 3.57.